The molecule has 0 amide bonds. The fourth-order valence-corrected chi connectivity index (χ4v) is 3.66. The van der Waals surface area contributed by atoms with E-state index in [1.165, 1.54) is 0 Å². The molecule has 4 aromatic rings. The van der Waals surface area contributed by atoms with Gasteiger partial charge in [0.25, 0.3) is 0 Å². The maximum Gasteiger partial charge on any atom is 0.214 e. The minimum Gasteiger partial charge on any atom is -0.476 e. The van der Waals surface area contributed by atoms with Crippen molar-refractivity contribution in [2.24, 2.45) is 0 Å². The number of rotatable bonds is 7. The standard InChI is InChI=1S/C26H25ClN6O/c1-29-26-22-16-30-24(28)14-21(22)20(15-31-26)10-9-18-5-3-6-19(13-18)17-33(2)11-12-34-25-8-4-7-23(27)32-25/h3-8,13-16H,11-12,17H2,1-2H3,(H2,28,30)(H,29,31). The summed E-state index contributed by atoms with van der Waals surface area (Å²) in [5.74, 6) is 8.22. The van der Waals surface area contributed by atoms with E-state index in [1.54, 1.807) is 24.5 Å². The summed E-state index contributed by atoms with van der Waals surface area (Å²) >= 11 is 5.90. The summed E-state index contributed by atoms with van der Waals surface area (Å²) in [4.78, 5) is 15.0. The third-order valence-electron chi connectivity index (χ3n) is 5.16. The predicted molar refractivity (Wildman–Crippen MR) is 137 cm³/mol. The summed E-state index contributed by atoms with van der Waals surface area (Å²) < 4.78 is 5.68. The molecule has 7 nitrogen and oxygen atoms in total. The van der Waals surface area contributed by atoms with Gasteiger partial charge in [-0.2, -0.15) is 0 Å². The SMILES string of the molecule is CNc1ncc(C#Cc2cccc(CN(C)CCOc3cccc(Cl)n3)c2)c2cc(N)ncc12. The number of fused-ring (bicyclic) bond motifs is 1. The maximum atomic E-state index is 5.91. The predicted octanol–water partition coefficient (Wildman–Crippen LogP) is 4.21. The van der Waals surface area contributed by atoms with Crippen molar-refractivity contribution in [3.8, 4) is 17.7 Å². The molecule has 0 fully saturated rings. The molecular weight excluding hydrogens is 448 g/mol. The van der Waals surface area contributed by atoms with E-state index < -0.39 is 0 Å². The number of hydrogen-bond donors (Lipinski definition) is 2. The smallest absolute Gasteiger partial charge is 0.214 e. The maximum absolute atomic E-state index is 5.91. The normalized spacial score (nSPS) is 10.7. The van der Waals surface area contributed by atoms with Crippen molar-refractivity contribution in [2.75, 3.05) is 38.3 Å². The highest BCUT2D eigenvalue weighted by Crippen LogP contribution is 2.24. The third-order valence-corrected chi connectivity index (χ3v) is 5.37. The monoisotopic (exact) mass is 472 g/mol. The molecule has 4 rings (SSSR count). The van der Waals surface area contributed by atoms with Crippen molar-refractivity contribution in [2.45, 2.75) is 6.54 Å². The highest BCUT2D eigenvalue weighted by atomic mass is 35.5. The van der Waals surface area contributed by atoms with Gasteiger partial charge in [0.2, 0.25) is 5.88 Å². The Morgan fingerprint density at radius 1 is 1.06 bits per heavy atom. The first kappa shape index (κ1) is 23.3. The molecule has 0 bridgehead atoms. The summed E-state index contributed by atoms with van der Waals surface area (Å²) in [5.41, 5.74) is 8.81. The van der Waals surface area contributed by atoms with Crippen LogP contribution in [0.15, 0.2) is 60.9 Å². The zero-order valence-corrected chi connectivity index (χ0v) is 19.8. The van der Waals surface area contributed by atoms with Gasteiger partial charge < -0.3 is 15.8 Å². The van der Waals surface area contributed by atoms with Gasteiger partial charge in [-0.1, -0.05) is 41.6 Å². The number of nitrogens with zero attached hydrogens (tertiary/aromatic N) is 4. The van der Waals surface area contributed by atoms with E-state index in [0.29, 0.717) is 23.5 Å². The van der Waals surface area contributed by atoms with Crippen LogP contribution in [0.4, 0.5) is 11.6 Å². The van der Waals surface area contributed by atoms with Crippen LogP contribution in [0.25, 0.3) is 10.8 Å². The molecule has 0 atom stereocenters. The van der Waals surface area contributed by atoms with Crippen LogP contribution in [0, 0.1) is 11.8 Å². The Morgan fingerprint density at radius 3 is 2.74 bits per heavy atom. The molecule has 0 radical (unpaired) electrons. The first-order valence-electron chi connectivity index (χ1n) is 10.8. The Labute approximate surface area is 204 Å². The van der Waals surface area contributed by atoms with Crippen LogP contribution in [-0.4, -0.2) is 47.1 Å². The number of halogens is 1. The number of aromatic nitrogens is 3. The van der Waals surface area contributed by atoms with Crippen LogP contribution in [0.1, 0.15) is 16.7 Å². The van der Waals surface area contributed by atoms with Crippen molar-refractivity contribution in [1.82, 2.24) is 19.9 Å². The molecule has 0 aliphatic heterocycles. The van der Waals surface area contributed by atoms with Crippen LogP contribution in [0.5, 0.6) is 5.88 Å². The summed E-state index contributed by atoms with van der Waals surface area (Å²) in [6.07, 6.45) is 3.48. The average Bonchev–Trinajstić information content (AvgIpc) is 2.82. The zero-order valence-electron chi connectivity index (χ0n) is 19.0. The quantitative estimate of drug-likeness (QED) is 0.307. The van der Waals surface area contributed by atoms with Crippen LogP contribution in [0.2, 0.25) is 5.15 Å². The first-order chi connectivity index (χ1) is 16.5. The molecule has 0 aliphatic carbocycles. The van der Waals surface area contributed by atoms with E-state index in [2.05, 4.69) is 49.1 Å². The second kappa shape index (κ2) is 10.8. The van der Waals surface area contributed by atoms with Crippen LogP contribution in [-0.2, 0) is 6.54 Å². The van der Waals surface area contributed by atoms with Gasteiger partial charge in [-0.05, 0) is 36.9 Å². The largest absolute Gasteiger partial charge is 0.476 e. The summed E-state index contributed by atoms with van der Waals surface area (Å²) in [6.45, 7) is 2.03. The lowest BCUT2D eigenvalue weighted by Gasteiger charge is -2.17. The number of nitrogens with one attached hydrogen (secondary N) is 1. The molecule has 1 aromatic carbocycles. The number of nitrogen functional groups attached to an aromatic ring is 1. The van der Waals surface area contributed by atoms with Gasteiger partial charge in [-0.3, -0.25) is 4.90 Å². The van der Waals surface area contributed by atoms with Crippen LogP contribution < -0.4 is 15.8 Å². The second-order valence-corrected chi connectivity index (χ2v) is 8.15. The second-order valence-electron chi connectivity index (χ2n) is 7.76. The average molecular weight is 473 g/mol. The summed E-state index contributed by atoms with van der Waals surface area (Å²) in [6, 6.07) is 15.4. The molecule has 3 heterocycles. The summed E-state index contributed by atoms with van der Waals surface area (Å²) in [7, 11) is 3.87. The van der Waals surface area contributed by atoms with E-state index >= 15 is 0 Å². The number of hydrogen-bond acceptors (Lipinski definition) is 7. The van der Waals surface area contributed by atoms with Gasteiger partial charge in [-0.25, -0.2) is 15.0 Å². The highest BCUT2D eigenvalue weighted by Gasteiger charge is 2.07. The number of anilines is 2. The van der Waals surface area contributed by atoms with E-state index in [-0.39, 0.29) is 0 Å². The summed E-state index contributed by atoms with van der Waals surface area (Å²) in [5, 5.41) is 5.31. The minimum absolute atomic E-state index is 0.422. The highest BCUT2D eigenvalue weighted by molar-refractivity contribution is 6.29. The zero-order chi connectivity index (χ0) is 23.9. The molecule has 3 N–H and O–H groups in total. The molecule has 0 unspecified atom stereocenters. The number of benzene rings is 1. The molecule has 0 spiro atoms. The number of pyridine rings is 3. The Kier molecular flexibility index (Phi) is 7.43. The first-order valence-corrected chi connectivity index (χ1v) is 11.2. The molecule has 34 heavy (non-hydrogen) atoms. The molecule has 8 heteroatoms. The van der Waals surface area contributed by atoms with Gasteiger partial charge in [-0.15, -0.1) is 0 Å². The van der Waals surface area contributed by atoms with Crippen LogP contribution >= 0.6 is 11.6 Å². The van der Waals surface area contributed by atoms with Crippen LogP contribution in [0.3, 0.4) is 0 Å². The third kappa shape index (κ3) is 5.93. The lowest BCUT2D eigenvalue weighted by molar-refractivity contribution is 0.227. The van der Waals surface area contributed by atoms with Gasteiger partial charge in [0.05, 0.1) is 5.56 Å². The Balaban J connectivity index is 1.43. The van der Waals surface area contributed by atoms with Crippen molar-refractivity contribution in [3.63, 3.8) is 0 Å². The van der Waals surface area contributed by atoms with E-state index in [9.17, 15) is 0 Å². The van der Waals surface area contributed by atoms with E-state index in [0.717, 1.165) is 46.4 Å². The molecule has 0 aliphatic rings. The van der Waals surface area contributed by atoms with Crippen molar-refractivity contribution in [3.05, 3.63) is 82.8 Å². The fourth-order valence-electron chi connectivity index (χ4n) is 3.50. The number of nitrogens with two attached hydrogens (primary N) is 1. The van der Waals surface area contributed by atoms with Gasteiger partial charge in [0.15, 0.2) is 0 Å². The van der Waals surface area contributed by atoms with E-state index in [1.807, 2.05) is 38.4 Å². The van der Waals surface area contributed by atoms with Crippen molar-refractivity contribution in [1.29, 1.82) is 0 Å². The molecule has 0 saturated carbocycles. The lowest BCUT2D eigenvalue weighted by atomic mass is 10.1. The van der Waals surface area contributed by atoms with Gasteiger partial charge in [0, 0.05) is 54.9 Å². The van der Waals surface area contributed by atoms with Gasteiger partial charge in [0.1, 0.15) is 23.4 Å². The Morgan fingerprint density at radius 2 is 1.91 bits per heavy atom. The van der Waals surface area contributed by atoms with Crippen molar-refractivity contribution >= 4 is 34.0 Å². The Bertz CT molecular complexity index is 1360. The minimum atomic E-state index is 0.422. The van der Waals surface area contributed by atoms with Crippen molar-refractivity contribution < 1.29 is 4.74 Å². The molecular formula is C26H25ClN6O. The topological polar surface area (TPSA) is 89.2 Å². The van der Waals surface area contributed by atoms with Gasteiger partial charge >= 0.3 is 0 Å². The number of ether oxygens (including phenoxy) is 1. The lowest BCUT2D eigenvalue weighted by Crippen LogP contribution is -2.24. The molecule has 172 valence electrons. The fraction of sp³-hybridized carbons (Fsp3) is 0.192. The van der Waals surface area contributed by atoms with E-state index in [4.69, 9.17) is 22.1 Å². The number of likely N-dealkylation sites (N-methyl/N-ethyl adjacent to an activating group) is 1. The molecule has 0 saturated heterocycles. The Hall–Kier alpha value is -3.86. The molecule has 3 aromatic heterocycles.